The molecule has 0 radical (unpaired) electrons. The first-order valence-electron chi connectivity index (χ1n) is 7.80. The number of carbonyl (C=O) groups excluding carboxylic acids is 1. The number of aryl methyl sites for hydroxylation is 1. The minimum absolute atomic E-state index is 0.0171. The maximum Gasteiger partial charge on any atom is 0.270 e. The summed E-state index contributed by atoms with van der Waals surface area (Å²) < 4.78 is 18.7. The summed E-state index contributed by atoms with van der Waals surface area (Å²) in [6.45, 7) is 1.38. The van der Waals surface area contributed by atoms with Gasteiger partial charge in [-0.1, -0.05) is 11.3 Å². The Morgan fingerprint density at radius 3 is 2.81 bits per heavy atom. The maximum absolute atomic E-state index is 13.6. The van der Waals surface area contributed by atoms with Gasteiger partial charge < -0.3 is 21.0 Å². The molecular weight excluding hydrogens is 357 g/mol. The van der Waals surface area contributed by atoms with Crippen LogP contribution in [0.15, 0.2) is 34.6 Å². The van der Waals surface area contributed by atoms with Crippen LogP contribution in [0.5, 0.6) is 5.75 Å². The molecule has 0 aliphatic carbocycles. The SMILES string of the molecule is Cc1nc(C(=N)N=NN)cc(C(=O)NCc2ccc(F)c(OCCO)c2)n1. The van der Waals surface area contributed by atoms with Gasteiger partial charge in [0.15, 0.2) is 17.4 Å². The van der Waals surface area contributed by atoms with Crippen LogP contribution in [0.1, 0.15) is 27.6 Å². The van der Waals surface area contributed by atoms with Crippen molar-refractivity contribution in [2.45, 2.75) is 13.5 Å². The number of hydrogen-bond acceptors (Lipinski definition) is 7. The molecule has 0 bridgehead atoms. The number of halogens is 1. The van der Waals surface area contributed by atoms with Crippen LogP contribution in [0.3, 0.4) is 0 Å². The fourth-order valence-corrected chi connectivity index (χ4v) is 2.11. The predicted octanol–water partition coefficient (Wildman–Crippen LogP) is 0.876. The Balaban J connectivity index is 2.11. The van der Waals surface area contributed by atoms with Crippen molar-refractivity contribution in [1.82, 2.24) is 15.3 Å². The molecular formula is C16H18FN7O3. The molecule has 5 N–H and O–H groups in total. The van der Waals surface area contributed by atoms with E-state index in [9.17, 15) is 9.18 Å². The normalized spacial score (nSPS) is 10.8. The van der Waals surface area contributed by atoms with Crippen molar-refractivity contribution < 1.29 is 19.0 Å². The summed E-state index contributed by atoms with van der Waals surface area (Å²) in [5, 5.41) is 25.4. The summed E-state index contributed by atoms with van der Waals surface area (Å²) >= 11 is 0. The number of benzene rings is 1. The van der Waals surface area contributed by atoms with Crippen molar-refractivity contribution in [2.24, 2.45) is 16.2 Å². The predicted molar refractivity (Wildman–Crippen MR) is 92.8 cm³/mol. The van der Waals surface area contributed by atoms with Crippen LogP contribution in [0.4, 0.5) is 4.39 Å². The monoisotopic (exact) mass is 375 g/mol. The molecule has 1 amide bonds. The minimum atomic E-state index is -0.567. The molecule has 2 rings (SSSR count). The average molecular weight is 375 g/mol. The number of aromatic nitrogens is 2. The van der Waals surface area contributed by atoms with Gasteiger partial charge in [-0.05, 0) is 30.7 Å². The Morgan fingerprint density at radius 2 is 2.11 bits per heavy atom. The van der Waals surface area contributed by atoms with E-state index in [1.165, 1.54) is 24.3 Å². The second kappa shape index (κ2) is 9.29. The summed E-state index contributed by atoms with van der Waals surface area (Å²) in [4.78, 5) is 20.4. The van der Waals surface area contributed by atoms with Gasteiger partial charge in [-0.3, -0.25) is 10.2 Å². The summed E-state index contributed by atoms with van der Waals surface area (Å²) in [5.41, 5.74) is 0.727. The number of aliphatic hydroxyl groups excluding tert-OH is 1. The molecule has 10 nitrogen and oxygen atoms in total. The first kappa shape index (κ1) is 19.8. The molecule has 0 unspecified atom stereocenters. The largest absolute Gasteiger partial charge is 0.488 e. The summed E-state index contributed by atoms with van der Waals surface area (Å²) in [7, 11) is 0. The smallest absolute Gasteiger partial charge is 0.270 e. The average Bonchev–Trinajstić information content (AvgIpc) is 2.65. The molecule has 1 heterocycles. The number of aliphatic hydroxyl groups is 1. The van der Waals surface area contributed by atoms with Gasteiger partial charge in [0, 0.05) is 6.54 Å². The van der Waals surface area contributed by atoms with Crippen LogP contribution in [-0.2, 0) is 6.54 Å². The van der Waals surface area contributed by atoms with Gasteiger partial charge in [0.1, 0.15) is 23.8 Å². The number of rotatable bonds is 7. The number of amides is 1. The van der Waals surface area contributed by atoms with E-state index in [1.54, 1.807) is 6.92 Å². The van der Waals surface area contributed by atoms with Gasteiger partial charge in [0.05, 0.1) is 6.61 Å². The van der Waals surface area contributed by atoms with E-state index in [2.05, 4.69) is 25.6 Å². The highest BCUT2D eigenvalue weighted by atomic mass is 19.1. The van der Waals surface area contributed by atoms with Crippen molar-refractivity contribution in [1.29, 1.82) is 5.41 Å². The number of ether oxygens (including phenoxy) is 1. The van der Waals surface area contributed by atoms with E-state index in [0.29, 0.717) is 5.56 Å². The van der Waals surface area contributed by atoms with Gasteiger partial charge in [-0.2, -0.15) is 0 Å². The van der Waals surface area contributed by atoms with E-state index >= 15 is 0 Å². The van der Waals surface area contributed by atoms with E-state index < -0.39 is 11.7 Å². The maximum atomic E-state index is 13.6. The first-order valence-corrected chi connectivity index (χ1v) is 7.80. The zero-order chi connectivity index (χ0) is 19.8. The van der Waals surface area contributed by atoms with Gasteiger partial charge in [-0.15, -0.1) is 5.11 Å². The van der Waals surface area contributed by atoms with Crippen molar-refractivity contribution >= 4 is 11.7 Å². The topological polar surface area (TPSA) is 159 Å². The van der Waals surface area contributed by atoms with Crippen LogP contribution < -0.4 is 15.9 Å². The summed E-state index contributed by atoms with van der Waals surface area (Å²) in [5.74, 6) is 3.78. The van der Waals surface area contributed by atoms with E-state index in [4.69, 9.17) is 21.1 Å². The van der Waals surface area contributed by atoms with Crippen LogP contribution in [0.25, 0.3) is 0 Å². The molecule has 0 aliphatic rings. The lowest BCUT2D eigenvalue weighted by molar-refractivity contribution is 0.0945. The number of hydrogen-bond donors (Lipinski definition) is 4. The first-order chi connectivity index (χ1) is 12.9. The zero-order valence-corrected chi connectivity index (χ0v) is 14.4. The van der Waals surface area contributed by atoms with E-state index in [1.807, 2.05) is 0 Å². The Labute approximate surface area is 153 Å². The molecule has 0 aliphatic heterocycles. The highest BCUT2D eigenvalue weighted by Gasteiger charge is 2.13. The van der Waals surface area contributed by atoms with Crippen molar-refractivity contribution in [3.8, 4) is 5.75 Å². The molecule has 0 fully saturated rings. The standard InChI is InChI=1S/C16H18FN7O3/c1-9-21-12(15(18)23-24-19)7-13(22-9)16(26)20-8-10-2-3-11(17)14(6-10)27-5-4-25/h2-3,6-7,25H,4-5,8H2,1H3,(H,20,26)(H3,18,19,23). The van der Waals surface area contributed by atoms with Crippen LogP contribution in [-0.4, -0.2) is 40.0 Å². The third kappa shape index (κ3) is 5.51. The fourth-order valence-electron chi connectivity index (χ4n) is 2.11. The Morgan fingerprint density at radius 1 is 1.37 bits per heavy atom. The fraction of sp³-hybridized carbons (Fsp3) is 0.250. The van der Waals surface area contributed by atoms with Crippen molar-refractivity contribution in [2.75, 3.05) is 13.2 Å². The second-order valence-electron chi connectivity index (χ2n) is 5.27. The number of nitrogens with zero attached hydrogens (tertiary/aromatic N) is 4. The van der Waals surface area contributed by atoms with Crippen LogP contribution >= 0.6 is 0 Å². The Bertz CT molecular complexity index is 873. The lowest BCUT2D eigenvalue weighted by Gasteiger charge is -2.10. The number of amidine groups is 1. The molecule has 0 spiro atoms. The molecule has 2 aromatic rings. The van der Waals surface area contributed by atoms with Crippen molar-refractivity contribution in [3.05, 3.63) is 52.9 Å². The second-order valence-corrected chi connectivity index (χ2v) is 5.27. The Hall–Kier alpha value is -3.47. The van der Waals surface area contributed by atoms with Crippen molar-refractivity contribution in [3.63, 3.8) is 0 Å². The third-order valence-corrected chi connectivity index (χ3v) is 3.27. The van der Waals surface area contributed by atoms with Crippen LogP contribution in [0.2, 0.25) is 0 Å². The lowest BCUT2D eigenvalue weighted by Crippen LogP contribution is -2.25. The summed E-state index contributed by atoms with van der Waals surface area (Å²) in [6, 6.07) is 5.43. The highest BCUT2D eigenvalue weighted by Crippen LogP contribution is 2.18. The molecule has 0 saturated carbocycles. The molecule has 1 aromatic heterocycles. The summed E-state index contributed by atoms with van der Waals surface area (Å²) in [6.07, 6.45) is 0. The molecule has 0 saturated heterocycles. The van der Waals surface area contributed by atoms with Gasteiger partial charge >= 0.3 is 0 Å². The molecule has 1 aromatic carbocycles. The molecule has 11 heteroatoms. The Kier molecular flexibility index (Phi) is 6.83. The lowest BCUT2D eigenvalue weighted by atomic mass is 10.2. The molecule has 27 heavy (non-hydrogen) atoms. The molecule has 142 valence electrons. The van der Waals surface area contributed by atoms with Crippen LogP contribution in [0, 0.1) is 18.2 Å². The van der Waals surface area contributed by atoms with Gasteiger partial charge in [0.2, 0.25) is 0 Å². The zero-order valence-electron chi connectivity index (χ0n) is 14.4. The number of nitrogens with two attached hydrogens (primary N) is 1. The number of nitrogens with one attached hydrogen (secondary N) is 2. The molecule has 0 atom stereocenters. The van der Waals surface area contributed by atoms with E-state index in [-0.39, 0.29) is 48.6 Å². The van der Waals surface area contributed by atoms with Gasteiger partial charge in [-0.25, -0.2) is 14.4 Å². The quantitative estimate of drug-likeness (QED) is 0.185. The minimum Gasteiger partial charge on any atom is -0.488 e. The van der Waals surface area contributed by atoms with E-state index in [0.717, 1.165) is 0 Å². The number of carbonyl (C=O) groups is 1. The van der Waals surface area contributed by atoms with Gasteiger partial charge in [0.25, 0.3) is 5.91 Å². The highest BCUT2D eigenvalue weighted by molar-refractivity contribution is 5.98. The third-order valence-electron chi connectivity index (χ3n) is 3.27.